The van der Waals surface area contributed by atoms with Crippen LogP contribution in [0, 0.1) is 11.8 Å². The van der Waals surface area contributed by atoms with E-state index < -0.39 is 0 Å². The zero-order chi connectivity index (χ0) is 15.4. The Morgan fingerprint density at radius 2 is 1.62 bits per heavy atom. The van der Waals surface area contributed by atoms with Gasteiger partial charge in [0.1, 0.15) is 0 Å². The lowest BCUT2D eigenvalue weighted by atomic mass is 10.0. The predicted octanol–water partition coefficient (Wildman–Crippen LogP) is 4.04. The van der Waals surface area contributed by atoms with Crippen LogP contribution in [0.1, 0.15) is 57.8 Å². The Morgan fingerprint density at radius 1 is 1.05 bits per heavy atom. The van der Waals surface area contributed by atoms with Crippen LogP contribution in [0.2, 0.25) is 0 Å². The first-order chi connectivity index (χ1) is 9.99. The minimum absolute atomic E-state index is 0.264. The molecule has 2 atom stereocenters. The highest BCUT2D eigenvalue weighted by Gasteiger charge is 2.34. The summed E-state index contributed by atoms with van der Waals surface area (Å²) < 4.78 is 0. The molecule has 21 heavy (non-hydrogen) atoms. The standard InChI is InChI=1S/C19H31NO/c1-14(2)9-11-20(12-10-15(3)4)18-13-16-7-5-6-8-17(16)19(18)21/h5-8,14-15,18-19,21H,9-13H2,1-4H3. The number of hydrogen-bond acceptors (Lipinski definition) is 2. The quantitative estimate of drug-likeness (QED) is 0.819. The van der Waals surface area contributed by atoms with Crippen molar-refractivity contribution in [1.29, 1.82) is 0 Å². The highest BCUT2D eigenvalue weighted by Crippen LogP contribution is 2.34. The minimum atomic E-state index is -0.319. The van der Waals surface area contributed by atoms with E-state index in [1.54, 1.807) is 0 Å². The molecule has 2 nitrogen and oxygen atoms in total. The van der Waals surface area contributed by atoms with Crippen molar-refractivity contribution in [2.24, 2.45) is 11.8 Å². The van der Waals surface area contributed by atoms with Gasteiger partial charge in [0.15, 0.2) is 0 Å². The van der Waals surface area contributed by atoms with E-state index >= 15 is 0 Å². The molecule has 0 fully saturated rings. The summed E-state index contributed by atoms with van der Waals surface area (Å²) >= 11 is 0. The van der Waals surface area contributed by atoms with Gasteiger partial charge in [0.05, 0.1) is 6.10 Å². The third-order valence-electron chi connectivity index (χ3n) is 4.62. The summed E-state index contributed by atoms with van der Waals surface area (Å²) in [6.07, 6.45) is 3.09. The van der Waals surface area contributed by atoms with Gasteiger partial charge >= 0.3 is 0 Å². The van der Waals surface area contributed by atoms with E-state index in [-0.39, 0.29) is 12.1 Å². The molecule has 0 amide bonds. The molecule has 1 aliphatic rings. The van der Waals surface area contributed by atoms with Crippen LogP contribution in [0.25, 0.3) is 0 Å². The zero-order valence-corrected chi connectivity index (χ0v) is 14.0. The molecule has 2 rings (SSSR count). The van der Waals surface area contributed by atoms with Gasteiger partial charge in [-0.3, -0.25) is 4.90 Å². The third-order valence-corrected chi connectivity index (χ3v) is 4.62. The van der Waals surface area contributed by atoms with E-state index in [1.807, 2.05) is 6.07 Å². The van der Waals surface area contributed by atoms with E-state index in [1.165, 1.54) is 18.4 Å². The van der Waals surface area contributed by atoms with Crippen molar-refractivity contribution in [1.82, 2.24) is 4.90 Å². The lowest BCUT2D eigenvalue weighted by Crippen LogP contribution is -2.40. The molecule has 2 heteroatoms. The van der Waals surface area contributed by atoms with Crippen molar-refractivity contribution >= 4 is 0 Å². The SMILES string of the molecule is CC(C)CCN(CCC(C)C)C1Cc2ccccc2C1O. The van der Waals surface area contributed by atoms with Gasteiger partial charge in [-0.05, 0) is 55.3 Å². The van der Waals surface area contributed by atoms with Crippen LogP contribution in [0.15, 0.2) is 24.3 Å². The molecule has 1 aromatic rings. The summed E-state index contributed by atoms with van der Waals surface area (Å²) in [6.45, 7) is 11.3. The van der Waals surface area contributed by atoms with Crippen molar-refractivity contribution in [3.8, 4) is 0 Å². The molecule has 0 saturated heterocycles. The predicted molar refractivity (Wildman–Crippen MR) is 89.4 cm³/mol. The first kappa shape index (κ1) is 16.5. The van der Waals surface area contributed by atoms with Crippen molar-refractivity contribution < 1.29 is 5.11 Å². The number of aliphatic hydroxyl groups excluding tert-OH is 1. The molecule has 1 aliphatic carbocycles. The lowest BCUT2D eigenvalue weighted by molar-refractivity contribution is 0.0550. The van der Waals surface area contributed by atoms with Gasteiger partial charge in [0.25, 0.3) is 0 Å². The van der Waals surface area contributed by atoms with E-state index in [0.29, 0.717) is 11.8 Å². The molecule has 1 N–H and O–H groups in total. The number of benzene rings is 1. The Morgan fingerprint density at radius 3 is 2.14 bits per heavy atom. The van der Waals surface area contributed by atoms with Crippen molar-refractivity contribution in [3.05, 3.63) is 35.4 Å². The summed E-state index contributed by atoms with van der Waals surface area (Å²) in [5, 5.41) is 10.7. The van der Waals surface area contributed by atoms with Crippen LogP contribution in [0.5, 0.6) is 0 Å². The van der Waals surface area contributed by atoms with Gasteiger partial charge in [-0.25, -0.2) is 0 Å². The number of nitrogens with zero attached hydrogens (tertiary/aromatic N) is 1. The van der Waals surface area contributed by atoms with Crippen LogP contribution in [0.4, 0.5) is 0 Å². The minimum Gasteiger partial charge on any atom is -0.387 e. The molecule has 0 heterocycles. The average Bonchev–Trinajstić information content (AvgIpc) is 2.76. The summed E-state index contributed by atoms with van der Waals surface area (Å²) in [4.78, 5) is 2.53. The van der Waals surface area contributed by atoms with E-state index in [0.717, 1.165) is 25.1 Å². The zero-order valence-electron chi connectivity index (χ0n) is 14.0. The van der Waals surface area contributed by atoms with Gasteiger partial charge in [0.2, 0.25) is 0 Å². The van der Waals surface area contributed by atoms with Crippen molar-refractivity contribution in [2.75, 3.05) is 13.1 Å². The highest BCUT2D eigenvalue weighted by molar-refractivity contribution is 5.35. The second kappa shape index (κ2) is 7.42. The molecule has 0 radical (unpaired) electrons. The van der Waals surface area contributed by atoms with Crippen LogP contribution < -0.4 is 0 Å². The van der Waals surface area contributed by atoms with Gasteiger partial charge in [-0.2, -0.15) is 0 Å². The Labute approximate surface area is 130 Å². The van der Waals surface area contributed by atoms with Gasteiger partial charge < -0.3 is 5.11 Å². The van der Waals surface area contributed by atoms with Crippen LogP contribution in [-0.4, -0.2) is 29.1 Å². The smallest absolute Gasteiger partial charge is 0.0951 e. The monoisotopic (exact) mass is 289 g/mol. The molecule has 0 spiro atoms. The summed E-state index contributed by atoms with van der Waals surface area (Å²) in [6, 6.07) is 8.64. The maximum Gasteiger partial charge on any atom is 0.0951 e. The topological polar surface area (TPSA) is 23.5 Å². The number of rotatable bonds is 7. The fourth-order valence-corrected chi connectivity index (χ4v) is 3.17. The van der Waals surface area contributed by atoms with E-state index in [4.69, 9.17) is 0 Å². The summed E-state index contributed by atoms with van der Waals surface area (Å²) in [5.74, 6) is 1.43. The molecule has 0 saturated carbocycles. The molecule has 1 aromatic carbocycles. The second-order valence-electron chi connectivity index (χ2n) is 7.32. The molecule has 118 valence electrons. The van der Waals surface area contributed by atoms with Gasteiger partial charge in [0, 0.05) is 6.04 Å². The molecule has 0 aromatic heterocycles. The maximum absolute atomic E-state index is 10.7. The molecule has 2 unspecified atom stereocenters. The highest BCUT2D eigenvalue weighted by atomic mass is 16.3. The number of aliphatic hydroxyl groups is 1. The Balaban J connectivity index is 2.06. The third kappa shape index (κ3) is 4.31. The first-order valence-electron chi connectivity index (χ1n) is 8.49. The van der Waals surface area contributed by atoms with Gasteiger partial charge in [-0.15, -0.1) is 0 Å². The fraction of sp³-hybridized carbons (Fsp3) is 0.684. The summed E-state index contributed by atoms with van der Waals surface area (Å²) in [7, 11) is 0. The number of hydrogen-bond donors (Lipinski definition) is 1. The van der Waals surface area contributed by atoms with Crippen molar-refractivity contribution in [2.45, 2.75) is 59.1 Å². The molecule has 0 bridgehead atoms. The fourth-order valence-electron chi connectivity index (χ4n) is 3.17. The van der Waals surface area contributed by atoms with Crippen LogP contribution in [0.3, 0.4) is 0 Å². The van der Waals surface area contributed by atoms with Gasteiger partial charge in [-0.1, -0.05) is 52.0 Å². The van der Waals surface area contributed by atoms with Crippen molar-refractivity contribution in [3.63, 3.8) is 0 Å². The summed E-state index contributed by atoms with van der Waals surface area (Å²) in [5.41, 5.74) is 2.47. The van der Waals surface area contributed by atoms with Crippen LogP contribution >= 0.6 is 0 Å². The Kier molecular flexibility index (Phi) is 5.83. The Bertz CT molecular complexity index is 429. The largest absolute Gasteiger partial charge is 0.387 e. The Hall–Kier alpha value is -0.860. The van der Waals surface area contributed by atoms with Crippen LogP contribution in [-0.2, 0) is 6.42 Å². The first-order valence-corrected chi connectivity index (χ1v) is 8.49. The van der Waals surface area contributed by atoms with E-state index in [2.05, 4.69) is 50.8 Å². The molecule has 0 aliphatic heterocycles. The second-order valence-corrected chi connectivity index (χ2v) is 7.32. The van der Waals surface area contributed by atoms with E-state index in [9.17, 15) is 5.11 Å². The molecular formula is C19H31NO. The normalized spacial score (nSPS) is 21.5. The average molecular weight is 289 g/mol. The number of fused-ring (bicyclic) bond motifs is 1. The lowest BCUT2D eigenvalue weighted by Gasteiger charge is -2.32. The maximum atomic E-state index is 10.7. The molecular weight excluding hydrogens is 258 g/mol.